The van der Waals surface area contributed by atoms with Crippen LogP contribution in [0.3, 0.4) is 0 Å². The lowest BCUT2D eigenvalue weighted by atomic mass is 9.72. The molecule has 1 heterocycles. The lowest BCUT2D eigenvalue weighted by Gasteiger charge is -2.39. The van der Waals surface area contributed by atoms with E-state index in [1.54, 1.807) is 0 Å². The van der Waals surface area contributed by atoms with Crippen LogP contribution in [0.2, 0.25) is 0 Å². The number of rotatable bonds is 3. The highest BCUT2D eigenvalue weighted by atomic mass is 16.6. The predicted octanol–water partition coefficient (Wildman–Crippen LogP) is 1.89. The zero-order valence-electron chi connectivity index (χ0n) is 11.7. The normalized spacial score (nSPS) is 32.2. The van der Waals surface area contributed by atoms with Crippen molar-refractivity contribution in [2.24, 2.45) is 5.92 Å². The third-order valence-corrected chi connectivity index (χ3v) is 3.74. The minimum absolute atomic E-state index is 0.371. The fourth-order valence-electron chi connectivity index (χ4n) is 3.06. The molecule has 0 amide bonds. The molecule has 17 heavy (non-hydrogen) atoms. The van der Waals surface area contributed by atoms with Crippen molar-refractivity contribution in [1.29, 1.82) is 0 Å². The van der Waals surface area contributed by atoms with Crippen LogP contribution in [0.4, 0.5) is 0 Å². The molecule has 1 fully saturated rings. The molecule has 0 aromatic carbocycles. The van der Waals surface area contributed by atoms with Crippen molar-refractivity contribution in [3.05, 3.63) is 0 Å². The average molecular weight is 244 g/mol. The summed E-state index contributed by atoms with van der Waals surface area (Å²) in [6.45, 7) is 9.38. The van der Waals surface area contributed by atoms with E-state index in [0.717, 1.165) is 0 Å². The molecule has 4 heteroatoms. The first-order valence-electron chi connectivity index (χ1n) is 6.10. The molecule has 0 bridgehead atoms. The Kier molecular flexibility index (Phi) is 3.61. The number of esters is 1. The first-order chi connectivity index (χ1) is 7.59. The summed E-state index contributed by atoms with van der Waals surface area (Å²) in [6, 6.07) is 0. The predicted molar refractivity (Wildman–Crippen MR) is 64.6 cm³/mol. The Bertz CT molecular complexity index is 309. The minimum atomic E-state index is -1.18. The maximum Gasteiger partial charge on any atom is 0.311 e. The van der Waals surface area contributed by atoms with E-state index >= 15 is 0 Å². The van der Waals surface area contributed by atoms with Crippen molar-refractivity contribution in [2.45, 2.75) is 64.3 Å². The highest BCUT2D eigenvalue weighted by molar-refractivity contribution is 5.74. The molecule has 0 aromatic heterocycles. The largest absolute Gasteiger partial charge is 0.469 e. The van der Waals surface area contributed by atoms with Crippen LogP contribution in [0, 0.1) is 5.92 Å². The first kappa shape index (κ1) is 14.5. The number of carbonyl (C=O) groups is 1. The van der Waals surface area contributed by atoms with Gasteiger partial charge in [-0.05, 0) is 34.1 Å². The van der Waals surface area contributed by atoms with Gasteiger partial charge in [0.25, 0.3) is 0 Å². The van der Waals surface area contributed by atoms with Crippen molar-refractivity contribution in [3.8, 4) is 0 Å². The van der Waals surface area contributed by atoms with Crippen LogP contribution in [0.1, 0.15) is 47.5 Å². The molecule has 4 nitrogen and oxygen atoms in total. The third-order valence-electron chi connectivity index (χ3n) is 3.74. The van der Waals surface area contributed by atoms with Gasteiger partial charge in [-0.15, -0.1) is 0 Å². The number of hydrogen-bond acceptors (Lipinski definition) is 4. The lowest BCUT2D eigenvalue weighted by Crippen LogP contribution is -2.54. The van der Waals surface area contributed by atoms with E-state index in [2.05, 4.69) is 0 Å². The van der Waals surface area contributed by atoms with E-state index in [1.165, 1.54) is 7.11 Å². The second-order valence-corrected chi connectivity index (χ2v) is 5.96. The number of ether oxygens (including phenoxy) is 2. The quantitative estimate of drug-likeness (QED) is 0.770. The summed E-state index contributed by atoms with van der Waals surface area (Å²) < 4.78 is 10.7. The Morgan fingerprint density at radius 2 is 1.94 bits per heavy atom. The molecule has 2 atom stereocenters. The monoisotopic (exact) mass is 244 g/mol. The van der Waals surface area contributed by atoms with Crippen molar-refractivity contribution < 1.29 is 19.4 Å². The molecular weight excluding hydrogens is 220 g/mol. The molecule has 1 aliphatic heterocycles. The van der Waals surface area contributed by atoms with Crippen LogP contribution in [0.25, 0.3) is 0 Å². The number of carbonyl (C=O) groups excluding carboxylic acids is 1. The highest BCUT2D eigenvalue weighted by Gasteiger charge is 2.61. The summed E-state index contributed by atoms with van der Waals surface area (Å²) in [5, 5.41) is 10.9. The molecule has 1 rings (SSSR count). The smallest absolute Gasteiger partial charge is 0.311 e. The molecule has 100 valence electrons. The lowest BCUT2D eigenvalue weighted by molar-refractivity contribution is -0.176. The Morgan fingerprint density at radius 1 is 1.41 bits per heavy atom. The topological polar surface area (TPSA) is 55.8 Å². The molecule has 1 saturated heterocycles. The van der Waals surface area contributed by atoms with Crippen LogP contribution in [0.5, 0.6) is 0 Å². The van der Waals surface area contributed by atoms with Crippen LogP contribution < -0.4 is 0 Å². The van der Waals surface area contributed by atoms with E-state index in [0.29, 0.717) is 12.8 Å². The molecule has 0 aliphatic carbocycles. The van der Waals surface area contributed by atoms with Crippen molar-refractivity contribution >= 4 is 5.97 Å². The summed E-state index contributed by atoms with van der Waals surface area (Å²) in [4.78, 5) is 11.8. The number of methoxy groups -OCH3 is 1. The van der Waals surface area contributed by atoms with E-state index < -0.39 is 22.7 Å². The fraction of sp³-hybridized carbons (Fsp3) is 0.923. The second kappa shape index (κ2) is 4.25. The average Bonchev–Trinajstić information content (AvgIpc) is 2.31. The Hall–Kier alpha value is -0.610. The van der Waals surface area contributed by atoms with Crippen molar-refractivity contribution in [1.82, 2.24) is 0 Å². The molecule has 1 N–H and O–H groups in total. The van der Waals surface area contributed by atoms with Gasteiger partial charge in [0.1, 0.15) is 5.60 Å². The fourth-order valence-corrected chi connectivity index (χ4v) is 3.06. The van der Waals surface area contributed by atoms with Crippen LogP contribution in [-0.2, 0) is 14.3 Å². The molecule has 0 spiro atoms. The van der Waals surface area contributed by atoms with Gasteiger partial charge in [0, 0.05) is 6.42 Å². The summed E-state index contributed by atoms with van der Waals surface area (Å²) >= 11 is 0. The molecule has 0 saturated carbocycles. The third kappa shape index (κ3) is 2.33. The molecule has 2 unspecified atom stereocenters. The van der Waals surface area contributed by atoms with E-state index in [4.69, 9.17) is 9.47 Å². The molecule has 0 aromatic rings. The van der Waals surface area contributed by atoms with Gasteiger partial charge >= 0.3 is 5.97 Å². The summed E-state index contributed by atoms with van der Waals surface area (Å²) in [5.41, 5.74) is -2.37. The molecular formula is C13H24O4. The first-order valence-corrected chi connectivity index (χ1v) is 6.10. The van der Waals surface area contributed by atoms with Crippen LogP contribution in [0.15, 0.2) is 0 Å². The second-order valence-electron chi connectivity index (χ2n) is 5.96. The van der Waals surface area contributed by atoms with Crippen LogP contribution in [-0.4, -0.2) is 35.0 Å². The van der Waals surface area contributed by atoms with E-state index in [9.17, 15) is 9.90 Å². The number of aliphatic hydroxyl groups is 1. The number of hydrogen-bond donors (Lipinski definition) is 1. The van der Waals surface area contributed by atoms with Gasteiger partial charge in [-0.2, -0.15) is 0 Å². The van der Waals surface area contributed by atoms with Gasteiger partial charge < -0.3 is 14.6 Å². The van der Waals surface area contributed by atoms with Crippen LogP contribution >= 0.6 is 0 Å². The van der Waals surface area contributed by atoms with Gasteiger partial charge in [0.15, 0.2) is 0 Å². The molecule has 1 aliphatic rings. The van der Waals surface area contributed by atoms with Crippen molar-refractivity contribution in [2.75, 3.05) is 7.11 Å². The maximum atomic E-state index is 11.8. The standard InChI is InChI=1S/C13H24O4/c1-7-9(10(14)16-6)13(15)8-11(2,3)17-12(13,4)5/h9,15H,7-8H2,1-6H3. The van der Waals surface area contributed by atoms with Crippen molar-refractivity contribution in [3.63, 3.8) is 0 Å². The maximum absolute atomic E-state index is 11.8. The summed E-state index contributed by atoms with van der Waals surface area (Å²) in [6.07, 6.45) is 0.965. The summed E-state index contributed by atoms with van der Waals surface area (Å²) in [5.74, 6) is -0.923. The van der Waals surface area contributed by atoms with Gasteiger partial charge in [0.2, 0.25) is 0 Å². The van der Waals surface area contributed by atoms with Gasteiger partial charge in [-0.25, -0.2) is 0 Å². The zero-order valence-corrected chi connectivity index (χ0v) is 11.7. The Balaban J connectivity index is 3.12. The highest BCUT2D eigenvalue weighted by Crippen LogP contribution is 2.49. The Labute approximate surface area is 103 Å². The Morgan fingerprint density at radius 3 is 2.24 bits per heavy atom. The van der Waals surface area contributed by atoms with E-state index in [-0.39, 0.29) is 5.97 Å². The minimum Gasteiger partial charge on any atom is -0.469 e. The van der Waals surface area contributed by atoms with E-state index in [1.807, 2.05) is 34.6 Å². The molecule has 0 radical (unpaired) electrons. The van der Waals surface area contributed by atoms with Gasteiger partial charge in [-0.3, -0.25) is 4.79 Å². The van der Waals surface area contributed by atoms with Gasteiger partial charge in [0.05, 0.1) is 24.2 Å². The van der Waals surface area contributed by atoms with Gasteiger partial charge in [-0.1, -0.05) is 6.92 Å². The summed E-state index contributed by atoms with van der Waals surface area (Å²) in [7, 11) is 1.35. The zero-order chi connectivity index (χ0) is 13.5. The SMILES string of the molecule is CCC(C(=O)OC)C1(O)CC(C)(C)OC1(C)C.